The second-order valence-corrected chi connectivity index (χ2v) is 7.59. The van der Waals surface area contributed by atoms with Crippen molar-refractivity contribution in [3.63, 3.8) is 0 Å². The molecule has 1 aliphatic heterocycles. The van der Waals surface area contributed by atoms with Crippen LogP contribution < -0.4 is 9.47 Å². The number of H-pyrrole nitrogens is 1. The van der Waals surface area contributed by atoms with E-state index in [1.165, 1.54) is 24.4 Å². The number of likely N-dealkylation sites (tertiary alicyclic amines) is 1. The Kier molecular flexibility index (Phi) is 5.99. The first-order valence-corrected chi connectivity index (χ1v) is 10.0. The predicted octanol–water partition coefficient (Wildman–Crippen LogP) is 4.75. The maximum atomic E-state index is 14.4. The predicted molar refractivity (Wildman–Crippen MR) is 111 cm³/mol. The summed E-state index contributed by atoms with van der Waals surface area (Å²) in [6, 6.07) is 9.78. The van der Waals surface area contributed by atoms with Crippen LogP contribution in [-0.2, 0) is 6.54 Å². The van der Waals surface area contributed by atoms with Gasteiger partial charge in [-0.05, 0) is 49.2 Å². The SMILES string of the molecule is COc1cc(CN2CCCC(c3[nH]ncc3-c3c(F)cccc3F)C2)cc(OC)c1. The van der Waals surface area contributed by atoms with Crippen molar-refractivity contribution < 1.29 is 18.3 Å². The molecule has 0 radical (unpaired) electrons. The third-order valence-corrected chi connectivity index (χ3v) is 5.63. The zero-order valence-electron chi connectivity index (χ0n) is 17.1. The van der Waals surface area contributed by atoms with Crippen molar-refractivity contribution in [1.29, 1.82) is 0 Å². The Bertz CT molecular complexity index is 979. The Labute approximate surface area is 174 Å². The number of ether oxygens (including phenoxy) is 2. The second-order valence-electron chi connectivity index (χ2n) is 7.59. The number of rotatable bonds is 6. The zero-order chi connectivity index (χ0) is 21.1. The van der Waals surface area contributed by atoms with E-state index in [1.807, 2.05) is 18.2 Å². The van der Waals surface area contributed by atoms with Crippen LogP contribution >= 0.6 is 0 Å². The van der Waals surface area contributed by atoms with Gasteiger partial charge >= 0.3 is 0 Å². The Hall–Kier alpha value is -2.93. The molecule has 4 rings (SSSR count). The van der Waals surface area contributed by atoms with Gasteiger partial charge in [0.2, 0.25) is 0 Å². The van der Waals surface area contributed by atoms with Crippen LogP contribution in [0.1, 0.15) is 30.0 Å². The monoisotopic (exact) mass is 413 g/mol. The summed E-state index contributed by atoms with van der Waals surface area (Å²) in [5, 5.41) is 7.10. The lowest BCUT2D eigenvalue weighted by molar-refractivity contribution is 0.198. The van der Waals surface area contributed by atoms with Gasteiger partial charge in [0.25, 0.3) is 0 Å². The molecule has 0 saturated carbocycles. The third kappa shape index (κ3) is 4.16. The lowest BCUT2D eigenvalue weighted by atomic mass is 9.90. The molecule has 0 amide bonds. The van der Waals surface area contributed by atoms with E-state index in [1.54, 1.807) is 14.2 Å². The van der Waals surface area contributed by atoms with Gasteiger partial charge in [-0.1, -0.05) is 6.07 Å². The van der Waals surface area contributed by atoms with Gasteiger partial charge in [0.05, 0.1) is 26.0 Å². The minimum absolute atomic E-state index is 0.0177. The van der Waals surface area contributed by atoms with E-state index in [2.05, 4.69) is 15.1 Å². The zero-order valence-corrected chi connectivity index (χ0v) is 17.1. The molecule has 3 aromatic rings. The minimum Gasteiger partial charge on any atom is -0.497 e. The first-order valence-electron chi connectivity index (χ1n) is 10.0. The number of methoxy groups -OCH3 is 2. The molecule has 2 heterocycles. The highest BCUT2D eigenvalue weighted by molar-refractivity contribution is 5.67. The minimum atomic E-state index is -0.575. The van der Waals surface area contributed by atoms with Gasteiger partial charge in [0, 0.05) is 36.3 Å². The van der Waals surface area contributed by atoms with E-state index in [0.29, 0.717) is 5.56 Å². The molecular formula is C23H25F2N3O2. The molecule has 1 aromatic heterocycles. The number of hydrogen-bond donors (Lipinski definition) is 1. The molecule has 0 aliphatic carbocycles. The summed E-state index contributed by atoms with van der Waals surface area (Å²) in [6.45, 7) is 2.46. The van der Waals surface area contributed by atoms with Gasteiger partial charge in [-0.2, -0.15) is 5.10 Å². The number of piperidine rings is 1. The van der Waals surface area contributed by atoms with Gasteiger partial charge in [-0.15, -0.1) is 0 Å². The summed E-state index contributed by atoms with van der Waals surface area (Å²) in [5.74, 6) is 0.470. The first-order chi connectivity index (χ1) is 14.6. The molecular weight excluding hydrogens is 388 g/mol. The average Bonchev–Trinajstić information content (AvgIpc) is 3.23. The number of nitrogens with one attached hydrogen (secondary N) is 1. The first kappa shape index (κ1) is 20.3. The fourth-order valence-electron chi connectivity index (χ4n) is 4.21. The van der Waals surface area contributed by atoms with E-state index in [9.17, 15) is 8.78 Å². The number of aromatic nitrogens is 2. The Morgan fingerprint density at radius 3 is 2.47 bits per heavy atom. The lowest BCUT2D eigenvalue weighted by Gasteiger charge is -2.33. The van der Waals surface area contributed by atoms with Crippen molar-refractivity contribution in [2.24, 2.45) is 0 Å². The number of benzene rings is 2. The molecule has 1 unspecified atom stereocenters. The van der Waals surface area contributed by atoms with E-state index in [-0.39, 0.29) is 11.5 Å². The molecule has 30 heavy (non-hydrogen) atoms. The van der Waals surface area contributed by atoms with Gasteiger partial charge in [0.15, 0.2) is 0 Å². The average molecular weight is 413 g/mol. The Morgan fingerprint density at radius 2 is 1.80 bits per heavy atom. The molecule has 158 valence electrons. The molecule has 1 saturated heterocycles. The maximum Gasteiger partial charge on any atom is 0.134 e. The number of nitrogens with zero attached hydrogens (tertiary/aromatic N) is 2. The molecule has 1 fully saturated rings. The summed E-state index contributed by atoms with van der Waals surface area (Å²) in [6.07, 6.45) is 3.44. The van der Waals surface area contributed by atoms with E-state index >= 15 is 0 Å². The van der Waals surface area contributed by atoms with Crippen LogP contribution in [0, 0.1) is 11.6 Å². The lowest BCUT2D eigenvalue weighted by Crippen LogP contribution is -2.34. The van der Waals surface area contributed by atoms with Crippen LogP contribution in [0.15, 0.2) is 42.6 Å². The van der Waals surface area contributed by atoms with Crippen LogP contribution in [0.4, 0.5) is 8.78 Å². The van der Waals surface area contributed by atoms with E-state index < -0.39 is 11.6 Å². The highest BCUT2D eigenvalue weighted by Gasteiger charge is 2.27. The fourth-order valence-corrected chi connectivity index (χ4v) is 4.21. The van der Waals surface area contributed by atoms with Gasteiger partial charge in [-0.3, -0.25) is 10.00 Å². The number of aromatic amines is 1. The summed E-state index contributed by atoms with van der Waals surface area (Å²) in [7, 11) is 3.27. The maximum absolute atomic E-state index is 14.4. The summed E-state index contributed by atoms with van der Waals surface area (Å²) in [4.78, 5) is 2.34. The standard InChI is InChI=1S/C23H25F2N3O2/c1-29-17-9-15(10-18(11-17)30-2)13-28-8-4-5-16(14-28)23-19(12-26-27-23)22-20(24)6-3-7-21(22)25/h3,6-7,9-12,16H,4-5,8,13-14H2,1-2H3,(H,26,27). The number of halogens is 2. The molecule has 2 aromatic carbocycles. The highest BCUT2D eigenvalue weighted by Crippen LogP contribution is 2.36. The highest BCUT2D eigenvalue weighted by atomic mass is 19.1. The van der Waals surface area contributed by atoms with Crippen LogP contribution in [-0.4, -0.2) is 42.4 Å². The van der Waals surface area contributed by atoms with E-state index in [0.717, 1.165) is 55.2 Å². The molecule has 0 bridgehead atoms. The van der Waals surface area contributed by atoms with Crippen molar-refractivity contribution in [2.75, 3.05) is 27.3 Å². The molecule has 1 atom stereocenters. The molecule has 7 heteroatoms. The molecule has 5 nitrogen and oxygen atoms in total. The van der Waals surface area contributed by atoms with Crippen molar-refractivity contribution in [3.8, 4) is 22.6 Å². The van der Waals surface area contributed by atoms with Crippen LogP contribution in [0.25, 0.3) is 11.1 Å². The summed E-state index contributed by atoms with van der Waals surface area (Å²) in [5.41, 5.74) is 2.36. The van der Waals surface area contributed by atoms with Gasteiger partial charge in [-0.25, -0.2) is 8.78 Å². The van der Waals surface area contributed by atoms with Crippen LogP contribution in [0.5, 0.6) is 11.5 Å². The summed E-state index contributed by atoms with van der Waals surface area (Å²) < 4.78 is 39.4. The van der Waals surface area contributed by atoms with Crippen molar-refractivity contribution in [2.45, 2.75) is 25.3 Å². The Morgan fingerprint density at radius 1 is 1.10 bits per heavy atom. The van der Waals surface area contributed by atoms with Crippen molar-refractivity contribution in [1.82, 2.24) is 15.1 Å². The fraction of sp³-hybridized carbons (Fsp3) is 0.348. The topological polar surface area (TPSA) is 50.4 Å². The van der Waals surface area contributed by atoms with Crippen molar-refractivity contribution in [3.05, 3.63) is 65.5 Å². The van der Waals surface area contributed by atoms with Crippen molar-refractivity contribution >= 4 is 0 Å². The number of hydrogen-bond acceptors (Lipinski definition) is 4. The van der Waals surface area contributed by atoms with Crippen LogP contribution in [0.2, 0.25) is 0 Å². The molecule has 0 spiro atoms. The van der Waals surface area contributed by atoms with Gasteiger partial charge < -0.3 is 9.47 Å². The van der Waals surface area contributed by atoms with Gasteiger partial charge in [0.1, 0.15) is 23.1 Å². The third-order valence-electron chi connectivity index (χ3n) is 5.63. The molecule has 1 N–H and O–H groups in total. The summed E-state index contributed by atoms with van der Waals surface area (Å²) >= 11 is 0. The smallest absolute Gasteiger partial charge is 0.134 e. The quantitative estimate of drug-likeness (QED) is 0.634. The molecule has 1 aliphatic rings. The Balaban J connectivity index is 1.56. The van der Waals surface area contributed by atoms with Crippen LogP contribution in [0.3, 0.4) is 0 Å². The normalized spacial score (nSPS) is 17.1. The second kappa shape index (κ2) is 8.83. The largest absolute Gasteiger partial charge is 0.497 e. The van der Waals surface area contributed by atoms with E-state index in [4.69, 9.17) is 9.47 Å².